The largest absolute Gasteiger partial charge is 0.497 e. The molecule has 1 aromatic carbocycles. The highest BCUT2D eigenvalue weighted by atomic mass is 16.5. The number of likely N-dealkylation sites (tertiary alicyclic amines) is 1. The molecule has 1 aliphatic heterocycles. The molecular formula is C23H30N6O2. The van der Waals surface area contributed by atoms with Crippen LogP contribution in [0.3, 0.4) is 0 Å². The molecule has 1 atom stereocenters. The highest BCUT2D eigenvalue weighted by Gasteiger charge is 2.16. The van der Waals surface area contributed by atoms with E-state index in [1.165, 1.54) is 38.8 Å². The smallest absolute Gasteiger partial charge is 0.278 e. The third kappa shape index (κ3) is 5.58. The quantitative estimate of drug-likeness (QED) is 0.576. The Morgan fingerprint density at radius 3 is 2.48 bits per heavy atom. The van der Waals surface area contributed by atoms with E-state index in [2.05, 4.69) is 37.5 Å². The summed E-state index contributed by atoms with van der Waals surface area (Å²) in [6, 6.07) is 11.8. The predicted octanol–water partition coefficient (Wildman–Crippen LogP) is 4.27. The fraction of sp³-hybridized carbons (Fsp3) is 0.478. The van der Waals surface area contributed by atoms with E-state index in [9.17, 15) is 0 Å². The SMILES string of the molecule is COc1ccc(-c2noc(-c3ccc(NCCC(C)N4CCCCCC4)nn3)n2)cc1. The first-order chi connectivity index (χ1) is 15.2. The van der Waals surface area contributed by atoms with Gasteiger partial charge in [0.25, 0.3) is 5.89 Å². The molecule has 0 saturated carbocycles. The topological polar surface area (TPSA) is 89.2 Å². The molecule has 2 aromatic heterocycles. The number of nitrogens with one attached hydrogen (secondary N) is 1. The predicted molar refractivity (Wildman–Crippen MR) is 120 cm³/mol. The van der Waals surface area contributed by atoms with Gasteiger partial charge in [-0.05, 0) is 75.7 Å². The van der Waals surface area contributed by atoms with E-state index in [0.29, 0.717) is 23.5 Å². The molecule has 3 aromatic rings. The van der Waals surface area contributed by atoms with Crippen LogP contribution in [0.25, 0.3) is 23.0 Å². The lowest BCUT2D eigenvalue weighted by Crippen LogP contribution is -2.35. The highest BCUT2D eigenvalue weighted by Crippen LogP contribution is 2.23. The van der Waals surface area contributed by atoms with E-state index in [0.717, 1.165) is 30.1 Å². The van der Waals surface area contributed by atoms with Crippen LogP contribution in [0, 0.1) is 0 Å². The summed E-state index contributed by atoms with van der Waals surface area (Å²) in [6.45, 7) is 5.63. The maximum Gasteiger partial charge on any atom is 0.278 e. The van der Waals surface area contributed by atoms with Gasteiger partial charge in [0, 0.05) is 18.2 Å². The number of anilines is 1. The van der Waals surface area contributed by atoms with Gasteiger partial charge in [0.1, 0.15) is 11.6 Å². The Morgan fingerprint density at radius 1 is 1.03 bits per heavy atom. The molecule has 0 radical (unpaired) electrons. The van der Waals surface area contributed by atoms with Crippen molar-refractivity contribution >= 4 is 5.82 Å². The second-order valence-corrected chi connectivity index (χ2v) is 7.97. The van der Waals surface area contributed by atoms with Gasteiger partial charge in [-0.2, -0.15) is 4.98 Å². The number of benzene rings is 1. The van der Waals surface area contributed by atoms with Gasteiger partial charge in [0.05, 0.1) is 7.11 Å². The maximum atomic E-state index is 5.37. The zero-order valence-electron chi connectivity index (χ0n) is 18.3. The van der Waals surface area contributed by atoms with Crippen LogP contribution in [-0.2, 0) is 0 Å². The van der Waals surface area contributed by atoms with Crippen LogP contribution >= 0.6 is 0 Å². The number of rotatable bonds is 8. The van der Waals surface area contributed by atoms with Gasteiger partial charge in [-0.1, -0.05) is 18.0 Å². The summed E-state index contributed by atoms with van der Waals surface area (Å²) in [6.07, 6.45) is 6.45. The number of aromatic nitrogens is 4. The molecule has 3 heterocycles. The summed E-state index contributed by atoms with van der Waals surface area (Å²) in [4.78, 5) is 7.04. The van der Waals surface area contributed by atoms with Crippen LogP contribution in [0.1, 0.15) is 39.0 Å². The first-order valence-corrected chi connectivity index (χ1v) is 11.0. The second-order valence-electron chi connectivity index (χ2n) is 7.97. The van der Waals surface area contributed by atoms with Crippen LogP contribution in [0.4, 0.5) is 5.82 Å². The van der Waals surface area contributed by atoms with Gasteiger partial charge in [-0.3, -0.25) is 0 Å². The van der Waals surface area contributed by atoms with E-state index in [4.69, 9.17) is 9.26 Å². The molecule has 1 aliphatic rings. The third-order valence-electron chi connectivity index (χ3n) is 5.79. The number of methoxy groups -OCH3 is 1. The minimum Gasteiger partial charge on any atom is -0.497 e. The zero-order valence-corrected chi connectivity index (χ0v) is 18.3. The van der Waals surface area contributed by atoms with Crippen LogP contribution in [-0.4, -0.2) is 58.0 Å². The number of ether oxygens (including phenoxy) is 1. The Hall–Kier alpha value is -3.00. The molecule has 1 fully saturated rings. The summed E-state index contributed by atoms with van der Waals surface area (Å²) >= 11 is 0. The van der Waals surface area contributed by atoms with Crippen molar-refractivity contribution in [3.8, 4) is 28.7 Å². The summed E-state index contributed by atoms with van der Waals surface area (Å²) < 4.78 is 10.5. The van der Waals surface area contributed by atoms with Gasteiger partial charge >= 0.3 is 0 Å². The van der Waals surface area contributed by atoms with Crippen molar-refractivity contribution in [3.63, 3.8) is 0 Å². The monoisotopic (exact) mass is 422 g/mol. The van der Waals surface area contributed by atoms with Crippen molar-refractivity contribution in [1.29, 1.82) is 0 Å². The lowest BCUT2D eigenvalue weighted by Gasteiger charge is -2.27. The standard InChI is InChI=1S/C23H30N6O2/c1-17(29-15-5-3-4-6-16-29)13-14-24-21-12-11-20(26-27-21)23-25-22(28-31-23)18-7-9-19(30-2)10-8-18/h7-12,17H,3-6,13-16H2,1-2H3,(H,24,27). The van der Waals surface area contributed by atoms with Gasteiger partial charge in [-0.15, -0.1) is 10.2 Å². The fourth-order valence-corrected chi connectivity index (χ4v) is 3.85. The van der Waals surface area contributed by atoms with Crippen LogP contribution in [0.5, 0.6) is 5.75 Å². The molecule has 0 spiro atoms. The van der Waals surface area contributed by atoms with Gasteiger partial charge in [-0.25, -0.2) is 0 Å². The summed E-state index contributed by atoms with van der Waals surface area (Å²) in [5.41, 5.74) is 1.40. The van der Waals surface area contributed by atoms with Gasteiger partial charge in [0.15, 0.2) is 5.69 Å². The minimum atomic E-state index is 0.347. The Balaban J connectivity index is 1.30. The Morgan fingerprint density at radius 2 is 1.81 bits per heavy atom. The van der Waals surface area contributed by atoms with Crippen molar-refractivity contribution in [1.82, 2.24) is 25.2 Å². The molecule has 8 heteroatoms. The minimum absolute atomic E-state index is 0.347. The lowest BCUT2D eigenvalue weighted by atomic mass is 10.2. The van der Waals surface area contributed by atoms with Crippen molar-refractivity contribution in [2.75, 3.05) is 32.1 Å². The summed E-state index contributed by atoms with van der Waals surface area (Å²) in [5, 5.41) is 15.9. The molecule has 0 bridgehead atoms. The van der Waals surface area contributed by atoms with E-state index in [1.807, 2.05) is 36.4 Å². The second kappa shape index (κ2) is 10.3. The Labute approximate surface area is 183 Å². The van der Waals surface area contributed by atoms with E-state index in [-0.39, 0.29) is 0 Å². The number of nitrogens with zero attached hydrogens (tertiary/aromatic N) is 5. The van der Waals surface area contributed by atoms with Crippen molar-refractivity contribution in [3.05, 3.63) is 36.4 Å². The van der Waals surface area contributed by atoms with Crippen molar-refractivity contribution in [2.24, 2.45) is 0 Å². The zero-order chi connectivity index (χ0) is 21.5. The molecule has 1 N–H and O–H groups in total. The summed E-state index contributed by atoms with van der Waals surface area (Å²) in [5.74, 6) is 2.38. The van der Waals surface area contributed by atoms with Crippen LogP contribution in [0.2, 0.25) is 0 Å². The molecule has 0 amide bonds. The van der Waals surface area contributed by atoms with E-state index < -0.39 is 0 Å². The average Bonchev–Trinajstić information content (AvgIpc) is 3.14. The first-order valence-electron chi connectivity index (χ1n) is 11.0. The number of hydrogen-bond donors (Lipinski definition) is 1. The molecule has 31 heavy (non-hydrogen) atoms. The Kier molecular flexibility index (Phi) is 7.09. The maximum absolute atomic E-state index is 5.37. The van der Waals surface area contributed by atoms with Gasteiger partial charge in [0.2, 0.25) is 5.82 Å². The molecular weight excluding hydrogens is 392 g/mol. The lowest BCUT2D eigenvalue weighted by molar-refractivity contribution is 0.210. The molecule has 0 aliphatic carbocycles. The van der Waals surface area contributed by atoms with Crippen LogP contribution in [0.15, 0.2) is 40.9 Å². The van der Waals surface area contributed by atoms with Crippen molar-refractivity contribution < 1.29 is 9.26 Å². The Bertz CT molecular complexity index is 933. The normalized spacial score (nSPS) is 15.9. The van der Waals surface area contributed by atoms with Crippen LogP contribution < -0.4 is 10.1 Å². The average molecular weight is 423 g/mol. The first kappa shape index (κ1) is 21.2. The van der Waals surface area contributed by atoms with E-state index in [1.54, 1.807) is 7.11 Å². The van der Waals surface area contributed by atoms with E-state index >= 15 is 0 Å². The molecule has 1 unspecified atom stereocenters. The fourth-order valence-electron chi connectivity index (χ4n) is 3.85. The highest BCUT2D eigenvalue weighted by molar-refractivity contribution is 5.59. The van der Waals surface area contributed by atoms with Crippen molar-refractivity contribution in [2.45, 2.75) is 45.1 Å². The third-order valence-corrected chi connectivity index (χ3v) is 5.79. The molecule has 1 saturated heterocycles. The molecule has 164 valence electrons. The molecule has 4 rings (SSSR count). The number of hydrogen-bond acceptors (Lipinski definition) is 8. The van der Waals surface area contributed by atoms with Gasteiger partial charge < -0.3 is 19.5 Å². The summed E-state index contributed by atoms with van der Waals surface area (Å²) in [7, 11) is 1.63. The molecule has 8 nitrogen and oxygen atoms in total.